The molecule has 0 bridgehead atoms. The summed E-state index contributed by atoms with van der Waals surface area (Å²) in [5.74, 6) is 4.75. The van der Waals surface area contributed by atoms with Crippen LogP contribution in [-0.4, -0.2) is 10.9 Å². The van der Waals surface area contributed by atoms with Crippen molar-refractivity contribution in [3.63, 3.8) is 0 Å². The molecule has 0 unspecified atom stereocenters. The number of phenols is 1. The minimum absolute atomic E-state index is 0.0385. The van der Waals surface area contributed by atoms with E-state index < -0.39 is 5.82 Å². The van der Waals surface area contributed by atoms with Crippen LogP contribution in [0.5, 0.6) is 5.75 Å². The number of hydrogen-bond acceptors (Lipinski definition) is 2. The summed E-state index contributed by atoms with van der Waals surface area (Å²) in [5.41, 5.74) is 0.180. The number of phenolic OH excluding ortho intramolecular Hbond substituents is 1. The summed E-state index contributed by atoms with van der Waals surface area (Å²) < 4.78 is 12.8. The first-order chi connectivity index (χ1) is 6.15. The summed E-state index contributed by atoms with van der Waals surface area (Å²) in [6.07, 6.45) is 0. The molecule has 0 saturated carbocycles. The zero-order chi connectivity index (χ0) is 9.84. The van der Waals surface area contributed by atoms with E-state index in [1.54, 1.807) is 0 Å². The summed E-state index contributed by atoms with van der Waals surface area (Å²) in [6, 6.07) is 2.15. The molecular weight excluding hydrogens is 211 g/mol. The Morgan fingerprint density at radius 1 is 1.54 bits per heavy atom. The van der Waals surface area contributed by atoms with E-state index in [2.05, 4.69) is 24.5 Å². The van der Waals surface area contributed by atoms with Crippen LogP contribution in [0.4, 0.5) is 4.39 Å². The third kappa shape index (κ3) is 2.55. The van der Waals surface area contributed by atoms with Gasteiger partial charge in [0.2, 0.25) is 0 Å². The molecule has 0 amide bonds. The normalized spacial score (nSPS) is 9.15. The van der Waals surface area contributed by atoms with E-state index in [1.165, 1.54) is 0 Å². The van der Waals surface area contributed by atoms with Gasteiger partial charge in [-0.1, -0.05) is 23.4 Å². The van der Waals surface area contributed by atoms with Gasteiger partial charge in [0.05, 0.1) is 16.3 Å². The zero-order valence-corrected chi connectivity index (χ0v) is 8.16. The van der Waals surface area contributed by atoms with Crippen molar-refractivity contribution in [1.82, 2.24) is 0 Å². The first kappa shape index (κ1) is 10.2. The number of halogens is 2. The predicted octanol–water partition coefficient (Wildman–Crippen LogP) is 2.47. The first-order valence-electron chi connectivity index (χ1n) is 3.43. The molecule has 0 radical (unpaired) electrons. The van der Waals surface area contributed by atoms with Crippen LogP contribution in [0.25, 0.3) is 0 Å². The second-order valence-corrected chi connectivity index (χ2v) is 2.97. The Balaban J connectivity index is 3.20. The quantitative estimate of drug-likeness (QED) is 0.504. The van der Waals surface area contributed by atoms with Crippen molar-refractivity contribution in [1.29, 1.82) is 0 Å². The number of rotatable bonds is 0. The van der Waals surface area contributed by atoms with Gasteiger partial charge >= 0.3 is 0 Å². The van der Waals surface area contributed by atoms with Crippen LogP contribution in [0, 0.1) is 17.7 Å². The Hall–Kier alpha value is -0.850. The van der Waals surface area contributed by atoms with Crippen LogP contribution >= 0.6 is 24.2 Å². The van der Waals surface area contributed by atoms with Crippen LogP contribution in [0.1, 0.15) is 5.56 Å². The van der Waals surface area contributed by atoms with Gasteiger partial charge in [0.1, 0.15) is 11.6 Å². The molecule has 0 aliphatic rings. The third-order valence-corrected chi connectivity index (χ3v) is 1.78. The first-order valence-corrected chi connectivity index (χ1v) is 4.44. The molecule has 1 nitrogen and oxygen atoms in total. The van der Waals surface area contributed by atoms with Crippen LogP contribution in [0.2, 0.25) is 5.02 Å². The molecule has 4 heteroatoms. The summed E-state index contributed by atoms with van der Waals surface area (Å²) in [5, 5.41) is 9.28. The van der Waals surface area contributed by atoms with Crippen LogP contribution < -0.4 is 0 Å². The van der Waals surface area contributed by atoms with Crippen LogP contribution in [0.15, 0.2) is 12.1 Å². The lowest BCUT2D eigenvalue weighted by molar-refractivity contribution is 0.471. The highest BCUT2D eigenvalue weighted by Gasteiger charge is 2.05. The molecule has 68 valence electrons. The maximum atomic E-state index is 12.8. The van der Waals surface area contributed by atoms with Crippen LogP contribution in [0.3, 0.4) is 0 Å². The van der Waals surface area contributed by atoms with Gasteiger partial charge in [0.15, 0.2) is 0 Å². The lowest BCUT2D eigenvalue weighted by atomic mass is 10.2. The van der Waals surface area contributed by atoms with Crippen molar-refractivity contribution in [2.75, 3.05) is 5.75 Å². The molecule has 1 aromatic rings. The van der Waals surface area contributed by atoms with Gasteiger partial charge in [-0.15, -0.1) is 0 Å². The van der Waals surface area contributed by atoms with Crippen molar-refractivity contribution < 1.29 is 9.50 Å². The lowest BCUT2D eigenvalue weighted by Crippen LogP contribution is -1.82. The van der Waals surface area contributed by atoms with Crippen molar-refractivity contribution in [2.24, 2.45) is 0 Å². The van der Waals surface area contributed by atoms with Crippen molar-refractivity contribution in [2.45, 2.75) is 0 Å². The van der Waals surface area contributed by atoms with Gasteiger partial charge in [-0.05, 0) is 12.1 Å². The number of thiol groups is 1. The summed E-state index contributed by atoms with van der Waals surface area (Å²) in [4.78, 5) is 0. The molecular formula is C9H6ClFOS. The number of hydrogen-bond donors (Lipinski definition) is 2. The van der Waals surface area contributed by atoms with Crippen molar-refractivity contribution in [3.8, 4) is 17.6 Å². The summed E-state index contributed by atoms with van der Waals surface area (Å²) in [7, 11) is 0. The molecule has 0 aliphatic carbocycles. The fourth-order valence-electron chi connectivity index (χ4n) is 0.796. The maximum Gasteiger partial charge on any atom is 0.149 e. The van der Waals surface area contributed by atoms with Gasteiger partial charge < -0.3 is 5.11 Å². The highest BCUT2D eigenvalue weighted by atomic mass is 35.5. The highest BCUT2D eigenvalue weighted by Crippen LogP contribution is 2.27. The zero-order valence-electron chi connectivity index (χ0n) is 6.51. The Morgan fingerprint density at radius 2 is 2.23 bits per heavy atom. The molecule has 0 aliphatic heterocycles. The molecule has 0 saturated heterocycles. The largest absolute Gasteiger partial charge is 0.505 e. The molecule has 0 spiro atoms. The van der Waals surface area contributed by atoms with E-state index in [-0.39, 0.29) is 16.3 Å². The molecule has 1 aromatic carbocycles. The van der Waals surface area contributed by atoms with Crippen LogP contribution in [-0.2, 0) is 0 Å². The molecule has 1 N–H and O–H groups in total. The summed E-state index contributed by atoms with van der Waals surface area (Å²) >= 11 is 9.38. The minimum atomic E-state index is -0.522. The Kier molecular flexibility index (Phi) is 3.47. The van der Waals surface area contributed by atoms with Gasteiger partial charge in [-0.2, -0.15) is 12.6 Å². The van der Waals surface area contributed by atoms with E-state index in [4.69, 9.17) is 11.6 Å². The smallest absolute Gasteiger partial charge is 0.149 e. The van der Waals surface area contributed by atoms with E-state index in [0.29, 0.717) is 5.75 Å². The SMILES string of the molecule is Oc1c(Cl)cc(F)cc1C#CCS. The molecule has 0 heterocycles. The minimum Gasteiger partial charge on any atom is -0.505 e. The average molecular weight is 217 g/mol. The molecule has 1 rings (SSSR count). The Bertz CT molecular complexity index is 381. The monoisotopic (exact) mass is 216 g/mol. The van der Waals surface area contributed by atoms with E-state index in [1.807, 2.05) is 0 Å². The van der Waals surface area contributed by atoms with Gasteiger partial charge in [0, 0.05) is 0 Å². The highest BCUT2D eigenvalue weighted by molar-refractivity contribution is 7.80. The fourth-order valence-corrected chi connectivity index (χ4v) is 1.08. The van der Waals surface area contributed by atoms with E-state index in [0.717, 1.165) is 12.1 Å². The lowest BCUT2D eigenvalue weighted by Gasteiger charge is -1.99. The maximum absolute atomic E-state index is 12.8. The number of aromatic hydroxyl groups is 1. The van der Waals surface area contributed by atoms with Crippen molar-refractivity contribution >= 4 is 24.2 Å². The fraction of sp³-hybridized carbons (Fsp3) is 0.111. The van der Waals surface area contributed by atoms with E-state index in [9.17, 15) is 9.50 Å². The Morgan fingerprint density at radius 3 is 2.85 bits per heavy atom. The van der Waals surface area contributed by atoms with Gasteiger partial charge in [-0.3, -0.25) is 0 Å². The predicted molar refractivity (Wildman–Crippen MR) is 53.8 cm³/mol. The van der Waals surface area contributed by atoms with Gasteiger partial charge in [-0.25, -0.2) is 4.39 Å². The Labute approximate surface area is 85.9 Å². The van der Waals surface area contributed by atoms with E-state index >= 15 is 0 Å². The second-order valence-electron chi connectivity index (χ2n) is 2.24. The molecule has 0 atom stereocenters. The molecule has 0 aromatic heterocycles. The average Bonchev–Trinajstić information content (AvgIpc) is 2.09. The molecule has 0 fully saturated rings. The topological polar surface area (TPSA) is 20.2 Å². The summed E-state index contributed by atoms with van der Waals surface area (Å²) in [6.45, 7) is 0. The standard InChI is InChI=1S/C9H6ClFOS/c10-8-5-7(11)4-6(9(8)12)2-1-3-13/h4-5,12-13H,3H2. The number of benzene rings is 1. The van der Waals surface area contributed by atoms with Gasteiger partial charge in [0.25, 0.3) is 0 Å². The van der Waals surface area contributed by atoms with Crippen molar-refractivity contribution in [3.05, 3.63) is 28.5 Å². The molecule has 13 heavy (non-hydrogen) atoms. The third-order valence-electron chi connectivity index (χ3n) is 1.33. The second kappa shape index (κ2) is 4.40.